The zero-order valence-electron chi connectivity index (χ0n) is 12.5. The lowest BCUT2D eigenvalue weighted by atomic mass is 10.0. The van der Waals surface area contributed by atoms with Gasteiger partial charge in [-0.3, -0.25) is 9.59 Å². The standard InChI is InChI=1S/C17H14BrN3O3/c18-10-5-7-11(8-6-10)19-17(24)21-14-9-15(22)16(23)20-13-4-2-1-3-12(13)14/h1-8,14H,9H2,(H,20,23)(H2,19,21,24). The average Bonchev–Trinajstić information content (AvgIpc) is 2.67. The summed E-state index contributed by atoms with van der Waals surface area (Å²) in [6, 6.07) is 13.1. The maximum absolute atomic E-state index is 12.2. The number of carbonyl (C=O) groups is 3. The Morgan fingerprint density at radius 3 is 2.54 bits per heavy atom. The van der Waals surface area contributed by atoms with Crippen molar-refractivity contribution in [2.75, 3.05) is 10.6 Å². The van der Waals surface area contributed by atoms with Gasteiger partial charge in [-0.1, -0.05) is 34.1 Å². The van der Waals surface area contributed by atoms with Crippen LogP contribution in [0.25, 0.3) is 0 Å². The van der Waals surface area contributed by atoms with E-state index in [0.29, 0.717) is 16.9 Å². The number of urea groups is 1. The first kappa shape index (κ1) is 16.2. The smallest absolute Gasteiger partial charge is 0.319 e. The SMILES string of the molecule is O=C(Nc1ccc(Br)cc1)NC1CC(=O)C(=O)Nc2ccccc21. The van der Waals surface area contributed by atoms with Crippen molar-refractivity contribution < 1.29 is 14.4 Å². The Balaban J connectivity index is 1.77. The highest BCUT2D eigenvalue weighted by molar-refractivity contribution is 9.10. The first-order chi connectivity index (χ1) is 11.5. The molecule has 1 aliphatic rings. The van der Waals surface area contributed by atoms with Crippen LogP contribution in [0.5, 0.6) is 0 Å². The first-order valence-corrected chi connectivity index (χ1v) is 8.08. The Morgan fingerprint density at radius 1 is 1.08 bits per heavy atom. The predicted molar refractivity (Wildman–Crippen MR) is 93.7 cm³/mol. The molecule has 0 bridgehead atoms. The van der Waals surface area contributed by atoms with Gasteiger partial charge in [0.1, 0.15) is 0 Å². The maximum Gasteiger partial charge on any atom is 0.319 e. The second-order valence-corrected chi connectivity index (χ2v) is 6.24. The van der Waals surface area contributed by atoms with Crippen molar-refractivity contribution in [1.29, 1.82) is 0 Å². The molecule has 3 rings (SSSR count). The molecule has 3 amide bonds. The minimum Gasteiger partial charge on any atom is -0.331 e. The fourth-order valence-electron chi connectivity index (χ4n) is 2.48. The van der Waals surface area contributed by atoms with Crippen LogP contribution in [0.4, 0.5) is 16.2 Å². The molecule has 6 nitrogen and oxygen atoms in total. The van der Waals surface area contributed by atoms with E-state index in [9.17, 15) is 14.4 Å². The lowest BCUT2D eigenvalue weighted by Gasteiger charge is -2.18. The van der Waals surface area contributed by atoms with Gasteiger partial charge in [0.2, 0.25) is 5.78 Å². The Labute approximate surface area is 146 Å². The highest BCUT2D eigenvalue weighted by Gasteiger charge is 2.28. The fraction of sp³-hybridized carbons (Fsp3) is 0.118. The quantitative estimate of drug-likeness (QED) is 0.691. The number of fused-ring (bicyclic) bond motifs is 1. The molecule has 0 aliphatic carbocycles. The number of carbonyl (C=O) groups excluding carboxylic acids is 3. The summed E-state index contributed by atoms with van der Waals surface area (Å²) in [4.78, 5) is 35.8. The van der Waals surface area contributed by atoms with Gasteiger partial charge in [-0.05, 0) is 35.9 Å². The highest BCUT2D eigenvalue weighted by atomic mass is 79.9. The summed E-state index contributed by atoms with van der Waals surface area (Å²) < 4.78 is 0.904. The Kier molecular flexibility index (Phi) is 4.61. The monoisotopic (exact) mass is 387 g/mol. The molecule has 122 valence electrons. The third kappa shape index (κ3) is 3.62. The van der Waals surface area contributed by atoms with Crippen LogP contribution in [0.2, 0.25) is 0 Å². The van der Waals surface area contributed by atoms with Crippen molar-refractivity contribution >= 4 is 45.0 Å². The van der Waals surface area contributed by atoms with Gasteiger partial charge in [-0.15, -0.1) is 0 Å². The highest BCUT2D eigenvalue weighted by Crippen LogP contribution is 2.28. The van der Waals surface area contributed by atoms with E-state index >= 15 is 0 Å². The molecule has 1 heterocycles. The van der Waals surface area contributed by atoms with E-state index in [2.05, 4.69) is 31.9 Å². The number of hydrogen-bond acceptors (Lipinski definition) is 3. The molecule has 1 aliphatic heterocycles. The molecule has 2 aromatic rings. The summed E-state index contributed by atoms with van der Waals surface area (Å²) in [6.07, 6.45) is -0.0867. The van der Waals surface area contributed by atoms with Gasteiger partial charge in [0.05, 0.1) is 6.04 Å². The van der Waals surface area contributed by atoms with Gasteiger partial charge in [0.15, 0.2) is 0 Å². The van der Waals surface area contributed by atoms with E-state index < -0.39 is 23.8 Å². The lowest BCUT2D eigenvalue weighted by Crippen LogP contribution is -2.34. The number of rotatable bonds is 2. The Hall–Kier alpha value is -2.67. The number of benzene rings is 2. The zero-order valence-corrected chi connectivity index (χ0v) is 14.1. The number of Topliss-reactive ketones (excluding diaryl/α,β-unsaturated/α-hetero) is 1. The molecular formula is C17H14BrN3O3. The molecule has 1 atom stereocenters. The normalized spacial score (nSPS) is 16.6. The molecule has 0 aromatic heterocycles. The molecule has 0 spiro atoms. The molecule has 0 radical (unpaired) electrons. The molecule has 24 heavy (non-hydrogen) atoms. The topological polar surface area (TPSA) is 87.3 Å². The summed E-state index contributed by atoms with van der Waals surface area (Å²) in [7, 11) is 0. The molecule has 3 N–H and O–H groups in total. The minimum absolute atomic E-state index is 0.0867. The van der Waals surface area contributed by atoms with E-state index in [1.807, 2.05) is 12.1 Å². The predicted octanol–water partition coefficient (Wildman–Crippen LogP) is 3.22. The van der Waals surface area contributed by atoms with Gasteiger partial charge in [0.25, 0.3) is 5.91 Å². The zero-order chi connectivity index (χ0) is 17.1. The van der Waals surface area contributed by atoms with Gasteiger partial charge in [0, 0.05) is 22.3 Å². The van der Waals surface area contributed by atoms with E-state index in [1.54, 1.807) is 36.4 Å². The van der Waals surface area contributed by atoms with Crippen molar-refractivity contribution in [2.45, 2.75) is 12.5 Å². The molecule has 1 unspecified atom stereocenters. The van der Waals surface area contributed by atoms with Crippen LogP contribution in [-0.4, -0.2) is 17.7 Å². The largest absolute Gasteiger partial charge is 0.331 e. The van der Waals surface area contributed by atoms with Gasteiger partial charge < -0.3 is 16.0 Å². The van der Waals surface area contributed by atoms with Crippen LogP contribution in [0.15, 0.2) is 53.0 Å². The van der Waals surface area contributed by atoms with E-state index in [4.69, 9.17) is 0 Å². The number of nitrogens with one attached hydrogen (secondary N) is 3. The molecule has 0 saturated heterocycles. The summed E-state index contributed by atoms with van der Waals surface area (Å²) in [5.41, 5.74) is 1.85. The van der Waals surface area contributed by atoms with Crippen LogP contribution >= 0.6 is 15.9 Å². The van der Waals surface area contributed by atoms with E-state index in [-0.39, 0.29) is 6.42 Å². The van der Waals surface area contributed by atoms with Gasteiger partial charge >= 0.3 is 6.03 Å². The van der Waals surface area contributed by atoms with Crippen LogP contribution in [0, 0.1) is 0 Å². The molecule has 0 fully saturated rings. The summed E-state index contributed by atoms with van der Waals surface area (Å²) in [6.45, 7) is 0. The minimum atomic E-state index is -0.667. The van der Waals surface area contributed by atoms with Crippen molar-refractivity contribution in [2.24, 2.45) is 0 Å². The van der Waals surface area contributed by atoms with E-state index in [0.717, 1.165) is 4.47 Å². The number of ketones is 1. The number of amides is 3. The number of halogens is 1. The van der Waals surface area contributed by atoms with Gasteiger partial charge in [-0.2, -0.15) is 0 Å². The number of para-hydroxylation sites is 1. The Morgan fingerprint density at radius 2 is 1.79 bits per heavy atom. The van der Waals surface area contributed by atoms with Crippen molar-refractivity contribution in [3.8, 4) is 0 Å². The van der Waals surface area contributed by atoms with Gasteiger partial charge in [-0.25, -0.2) is 4.79 Å². The first-order valence-electron chi connectivity index (χ1n) is 7.29. The molecule has 2 aromatic carbocycles. The molecule has 0 saturated carbocycles. The maximum atomic E-state index is 12.2. The third-order valence-electron chi connectivity index (χ3n) is 3.63. The summed E-state index contributed by atoms with van der Waals surface area (Å²) >= 11 is 3.33. The molecule has 7 heteroatoms. The van der Waals surface area contributed by atoms with Crippen LogP contribution in [0.1, 0.15) is 18.0 Å². The summed E-state index contributed by atoms with van der Waals surface area (Å²) in [5.74, 6) is -1.24. The molecular weight excluding hydrogens is 374 g/mol. The third-order valence-corrected chi connectivity index (χ3v) is 4.16. The lowest BCUT2D eigenvalue weighted by molar-refractivity contribution is -0.134. The number of anilines is 2. The number of hydrogen-bond donors (Lipinski definition) is 3. The van der Waals surface area contributed by atoms with Crippen LogP contribution < -0.4 is 16.0 Å². The second-order valence-electron chi connectivity index (χ2n) is 5.33. The van der Waals surface area contributed by atoms with Crippen molar-refractivity contribution in [1.82, 2.24) is 5.32 Å². The van der Waals surface area contributed by atoms with Crippen LogP contribution in [0.3, 0.4) is 0 Å². The summed E-state index contributed by atoms with van der Waals surface area (Å²) in [5, 5.41) is 8.03. The fourth-order valence-corrected chi connectivity index (χ4v) is 2.75. The second kappa shape index (κ2) is 6.84. The Bertz CT molecular complexity index is 805. The van der Waals surface area contributed by atoms with E-state index in [1.165, 1.54) is 0 Å². The van der Waals surface area contributed by atoms with Crippen molar-refractivity contribution in [3.05, 3.63) is 58.6 Å². The van der Waals surface area contributed by atoms with Crippen molar-refractivity contribution in [3.63, 3.8) is 0 Å². The van der Waals surface area contributed by atoms with Crippen LogP contribution in [-0.2, 0) is 9.59 Å². The average molecular weight is 388 g/mol.